The number of carbonyl (C=O) groups is 2. The van der Waals surface area contributed by atoms with E-state index in [1.807, 2.05) is 24.3 Å². The van der Waals surface area contributed by atoms with Crippen LogP contribution in [0, 0.1) is 0 Å². The van der Waals surface area contributed by atoms with Crippen molar-refractivity contribution in [2.45, 2.75) is 19.9 Å². The number of methoxy groups -OCH3 is 1. The summed E-state index contributed by atoms with van der Waals surface area (Å²) in [4.78, 5) is 29.9. The van der Waals surface area contributed by atoms with E-state index in [-0.39, 0.29) is 12.6 Å². The van der Waals surface area contributed by atoms with Crippen molar-refractivity contribution in [2.75, 3.05) is 53.0 Å². The minimum absolute atomic E-state index is 0.272. The van der Waals surface area contributed by atoms with Gasteiger partial charge in [-0.05, 0) is 31.2 Å². The molecule has 29 heavy (non-hydrogen) atoms. The number of likely N-dealkylation sites (N-methyl/N-ethyl adjacent to an activating group) is 1. The first-order chi connectivity index (χ1) is 14.0. The molecule has 2 N–H and O–H groups in total. The summed E-state index contributed by atoms with van der Waals surface area (Å²) in [5.41, 5.74) is 1.87. The van der Waals surface area contributed by atoms with Gasteiger partial charge in [0.15, 0.2) is 0 Å². The molecular weight excluding hydrogens is 372 g/mol. The van der Waals surface area contributed by atoms with Gasteiger partial charge < -0.3 is 25.0 Å². The molecule has 0 saturated carbocycles. The number of urea groups is 1. The van der Waals surface area contributed by atoms with E-state index in [2.05, 4.69) is 27.4 Å². The molecule has 3 rings (SSSR count). The zero-order valence-electron chi connectivity index (χ0n) is 17.4. The van der Waals surface area contributed by atoms with Gasteiger partial charge in [0.2, 0.25) is 0 Å². The molecule has 0 aliphatic carbocycles. The highest BCUT2D eigenvalue weighted by molar-refractivity contribution is 5.95. The van der Waals surface area contributed by atoms with E-state index in [4.69, 9.17) is 9.47 Å². The van der Waals surface area contributed by atoms with Crippen LogP contribution in [0.4, 0.5) is 4.79 Å². The van der Waals surface area contributed by atoms with Crippen molar-refractivity contribution in [3.8, 4) is 5.75 Å². The van der Waals surface area contributed by atoms with Crippen LogP contribution in [0.3, 0.4) is 0 Å². The molecule has 8 nitrogen and oxygen atoms in total. The lowest BCUT2D eigenvalue weighted by Gasteiger charge is -2.36. The van der Waals surface area contributed by atoms with Crippen molar-refractivity contribution >= 4 is 12.0 Å². The van der Waals surface area contributed by atoms with Crippen LogP contribution in [0.25, 0.3) is 0 Å². The second-order valence-electron chi connectivity index (χ2n) is 7.13. The fourth-order valence-corrected chi connectivity index (χ4v) is 3.73. The molecule has 0 aromatic heterocycles. The van der Waals surface area contributed by atoms with Gasteiger partial charge in [0.05, 0.1) is 25.3 Å². The maximum Gasteiger partial charge on any atom is 0.338 e. The van der Waals surface area contributed by atoms with Crippen molar-refractivity contribution in [1.82, 2.24) is 20.4 Å². The van der Waals surface area contributed by atoms with Gasteiger partial charge in [0.1, 0.15) is 5.75 Å². The number of amides is 2. The molecule has 8 heteroatoms. The summed E-state index contributed by atoms with van der Waals surface area (Å²) in [5.74, 6) is 0.299. The molecule has 1 fully saturated rings. The van der Waals surface area contributed by atoms with Crippen LogP contribution >= 0.6 is 0 Å². The largest absolute Gasteiger partial charge is 0.497 e. The number of ether oxygens (including phenoxy) is 2. The summed E-state index contributed by atoms with van der Waals surface area (Å²) in [7, 11) is 1.60. The van der Waals surface area contributed by atoms with E-state index in [9.17, 15) is 9.59 Å². The third kappa shape index (κ3) is 5.07. The Kier molecular flexibility index (Phi) is 7.11. The van der Waals surface area contributed by atoms with Crippen LogP contribution in [0.2, 0.25) is 0 Å². The second-order valence-corrected chi connectivity index (χ2v) is 7.13. The first kappa shape index (κ1) is 21.1. The van der Waals surface area contributed by atoms with Gasteiger partial charge in [0, 0.05) is 38.4 Å². The Morgan fingerprint density at radius 2 is 1.76 bits per heavy atom. The Hall–Kier alpha value is -2.58. The number of nitrogens with one attached hydrogen (secondary N) is 2. The number of hydrogen-bond acceptors (Lipinski definition) is 6. The Labute approximate surface area is 171 Å². The molecule has 1 aromatic carbocycles. The highest BCUT2D eigenvalue weighted by atomic mass is 16.5. The summed E-state index contributed by atoms with van der Waals surface area (Å²) >= 11 is 0. The van der Waals surface area contributed by atoms with Crippen LogP contribution in [-0.4, -0.2) is 74.8 Å². The molecule has 2 amide bonds. The Balaban J connectivity index is 1.90. The first-order valence-corrected chi connectivity index (χ1v) is 10.1. The molecule has 2 aliphatic heterocycles. The van der Waals surface area contributed by atoms with Crippen LogP contribution in [-0.2, 0) is 9.53 Å². The molecule has 0 unspecified atom stereocenters. The number of esters is 1. The quantitative estimate of drug-likeness (QED) is 0.673. The lowest BCUT2D eigenvalue weighted by molar-refractivity contribution is -0.139. The molecule has 0 bridgehead atoms. The fraction of sp³-hybridized carbons (Fsp3) is 0.524. The molecule has 1 aromatic rings. The highest BCUT2D eigenvalue weighted by Gasteiger charge is 2.34. The van der Waals surface area contributed by atoms with E-state index in [0.29, 0.717) is 23.6 Å². The SMILES string of the molecule is CCOC(=O)C1=C(CN2CCN(CC)CC2)NC(=O)N[C@H]1c1ccc(OC)cc1. The van der Waals surface area contributed by atoms with Crippen molar-refractivity contribution in [2.24, 2.45) is 0 Å². The number of piperazine rings is 1. The van der Waals surface area contributed by atoms with Gasteiger partial charge in [-0.3, -0.25) is 4.90 Å². The third-order valence-corrected chi connectivity index (χ3v) is 5.39. The molecule has 2 aliphatic rings. The fourth-order valence-electron chi connectivity index (χ4n) is 3.73. The van der Waals surface area contributed by atoms with Crippen LogP contribution in [0.5, 0.6) is 5.75 Å². The highest BCUT2D eigenvalue weighted by Crippen LogP contribution is 2.29. The summed E-state index contributed by atoms with van der Waals surface area (Å²) in [6.45, 7) is 9.49. The number of carbonyl (C=O) groups excluding carboxylic acids is 2. The van der Waals surface area contributed by atoms with Gasteiger partial charge in [-0.15, -0.1) is 0 Å². The second kappa shape index (κ2) is 9.76. The zero-order chi connectivity index (χ0) is 20.8. The van der Waals surface area contributed by atoms with Gasteiger partial charge in [-0.25, -0.2) is 9.59 Å². The van der Waals surface area contributed by atoms with Gasteiger partial charge in [-0.1, -0.05) is 19.1 Å². The topological polar surface area (TPSA) is 83.1 Å². The van der Waals surface area contributed by atoms with Crippen molar-refractivity contribution < 1.29 is 19.1 Å². The van der Waals surface area contributed by atoms with E-state index in [1.54, 1.807) is 14.0 Å². The average Bonchev–Trinajstić information content (AvgIpc) is 2.74. The predicted octanol–water partition coefficient (Wildman–Crippen LogP) is 1.50. The van der Waals surface area contributed by atoms with Gasteiger partial charge in [0.25, 0.3) is 0 Å². The third-order valence-electron chi connectivity index (χ3n) is 5.39. The number of nitrogens with zero attached hydrogens (tertiary/aromatic N) is 2. The van der Waals surface area contributed by atoms with Crippen molar-refractivity contribution in [1.29, 1.82) is 0 Å². The van der Waals surface area contributed by atoms with Crippen LogP contribution < -0.4 is 15.4 Å². The van der Waals surface area contributed by atoms with Gasteiger partial charge >= 0.3 is 12.0 Å². The molecular formula is C21H30N4O4. The smallest absolute Gasteiger partial charge is 0.338 e. The summed E-state index contributed by atoms with van der Waals surface area (Å²) in [5, 5.41) is 5.72. The van der Waals surface area contributed by atoms with E-state index in [1.165, 1.54) is 0 Å². The monoisotopic (exact) mass is 402 g/mol. The van der Waals surface area contributed by atoms with Crippen LogP contribution in [0.1, 0.15) is 25.5 Å². The normalized spacial score (nSPS) is 20.8. The maximum absolute atomic E-state index is 12.8. The molecule has 0 radical (unpaired) electrons. The first-order valence-electron chi connectivity index (χ1n) is 10.1. The van der Waals surface area contributed by atoms with Gasteiger partial charge in [-0.2, -0.15) is 0 Å². The maximum atomic E-state index is 12.8. The standard InChI is InChI=1S/C21H30N4O4/c1-4-24-10-12-25(13-11-24)14-17-18(20(26)29-5-2)19(23-21(27)22-17)15-6-8-16(28-3)9-7-15/h6-9,19H,4-5,10-14H2,1-3H3,(H2,22,23,27)/t19-/m0/s1. The minimum Gasteiger partial charge on any atom is -0.497 e. The van der Waals surface area contributed by atoms with Crippen molar-refractivity contribution in [3.05, 3.63) is 41.1 Å². The lowest BCUT2D eigenvalue weighted by atomic mass is 9.94. The molecule has 0 spiro atoms. The van der Waals surface area contributed by atoms with Crippen LogP contribution in [0.15, 0.2) is 35.5 Å². The van der Waals surface area contributed by atoms with E-state index >= 15 is 0 Å². The minimum atomic E-state index is -0.569. The Morgan fingerprint density at radius 1 is 1.10 bits per heavy atom. The number of hydrogen-bond donors (Lipinski definition) is 2. The molecule has 158 valence electrons. The average molecular weight is 402 g/mol. The zero-order valence-corrected chi connectivity index (χ0v) is 17.4. The summed E-state index contributed by atoms with van der Waals surface area (Å²) < 4.78 is 10.5. The summed E-state index contributed by atoms with van der Waals surface area (Å²) in [6.07, 6.45) is 0. The Morgan fingerprint density at radius 3 is 2.34 bits per heavy atom. The number of rotatable bonds is 7. The van der Waals surface area contributed by atoms with E-state index in [0.717, 1.165) is 38.3 Å². The molecule has 1 saturated heterocycles. The Bertz CT molecular complexity index is 754. The molecule has 1 atom stereocenters. The molecule has 2 heterocycles. The predicted molar refractivity (Wildman–Crippen MR) is 110 cm³/mol. The van der Waals surface area contributed by atoms with Crippen molar-refractivity contribution in [3.63, 3.8) is 0 Å². The summed E-state index contributed by atoms with van der Waals surface area (Å²) in [6, 6.07) is 6.45. The lowest BCUT2D eigenvalue weighted by Crippen LogP contribution is -2.51. The van der Waals surface area contributed by atoms with E-state index < -0.39 is 12.0 Å². The number of benzene rings is 1.